The molecule has 0 radical (unpaired) electrons. The number of hydrogen-bond donors (Lipinski definition) is 2. The molecule has 3 rings (SSSR count). The van der Waals surface area contributed by atoms with Gasteiger partial charge in [0.25, 0.3) is 0 Å². The zero-order chi connectivity index (χ0) is 16.8. The number of nitrogens with one attached hydrogen (secondary N) is 2. The first-order valence-corrected chi connectivity index (χ1v) is 8.79. The summed E-state index contributed by atoms with van der Waals surface area (Å²) in [7, 11) is 0. The van der Waals surface area contributed by atoms with Crippen molar-refractivity contribution in [3.05, 3.63) is 35.1 Å². The van der Waals surface area contributed by atoms with Crippen molar-refractivity contribution in [2.45, 2.75) is 31.6 Å². The van der Waals surface area contributed by atoms with Gasteiger partial charge in [-0.3, -0.25) is 5.32 Å². The van der Waals surface area contributed by atoms with Crippen molar-refractivity contribution in [3.8, 4) is 5.75 Å². The second-order valence-electron chi connectivity index (χ2n) is 5.61. The van der Waals surface area contributed by atoms with E-state index in [1.54, 1.807) is 12.1 Å². The molecule has 0 aliphatic heterocycles. The molecule has 2 aromatic rings. The third kappa shape index (κ3) is 5.16. The number of carbonyl (C=O) groups is 1. The van der Waals surface area contributed by atoms with Crippen molar-refractivity contribution in [1.82, 2.24) is 15.5 Å². The molecule has 1 saturated carbocycles. The summed E-state index contributed by atoms with van der Waals surface area (Å²) in [4.78, 5) is 11.7. The van der Waals surface area contributed by atoms with Gasteiger partial charge in [0.05, 0.1) is 6.61 Å². The number of rotatable bonds is 8. The average Bonchev–Trinajstić information content (AvgIpc) is 3.32. The van der Waals surface area contributed by atoms with E-state index in [0.717, 1.165) is 17.8 Å². The van der Waals surface area contributed by atoms with E-state index >= 15 is 0 Å². The Morgan fingerprint density at radius 3 is 2.79 bits per heavy atom. The van der Waals surface area contributed by atoms with Gasteiger partial charge < -0.3 is 10.1 Å². The van der Waals surface area contributed by atoms with Gasteiger partial charge in [-0.05, 0) is 49.9 Å². The Morgan fingerprint density at radius 1 is 1.25 bits per heavy atom. The Kier molecular flexibility index (Phi) is 5.58. The van der Waals surface area contributed by atoms with Crippen LogP contribution in [0, 0.1) is 5.82 Å². The molecule has 128 valence electrons. The van der Waals surface area contributed by atoms with Crippen LogP contribution in [-0.2, 0) is 0 Å². The second-order valence-corrected chi connectivity index (χ2v) is 6.62. The van der Waals surface area contributed by atoms with Crippen LogP contribution < -0.4 is 15.4 Å². The lowest BCUT2D eigenvalue weighted by atomic mass is 10.3. The zero-order valence-electron chi connectivity index (χ0n) is 13.1. The van der Waals surface area contributed by atoms with Crippen LogP contribution >= 0.6 is 11.3 Å². The number of nitrogens with zero attached hydrogens (tertiary/aromatic N) is 2. The third-order valence-corrected chi connectivity index (χ3v) is 4.53. The minimum atomic E-state index is -0.280. The van der Waals surface area contributed by atoms with Crippen molar-refractivity contribution >= 4 is 22.5 Å². The molecule has 1 aromatic carbocycles. The van der Waals surface area contributed by atoms with Crippen molar-refractivity contribution < 1.29 is 13.9 Å². The average molecular weight is 350 g/mol. The van der Waals surface area contributed by atoms with Gasteiger partial charge >= 0.3 is 6.03 Å². The molecule has 1 aliphatic carbocycles. The van der Waals surface area contributed by atoms with Crippen LogP contribution in [0.4, 0.5) is 14.3 Å². The lowest BCUT2D eigenvalue weighted by Gasteiger charge is -2.07. The lowest BCUT2D eigenvalue weighted by molar-refractivity contribution is 0.251. The zero-order valence-corrected chi connectivity index (χ0v) is 13.9. The first kappa shape index (κ1) is 16.6. The molecule has 0 spiro atoms. The first-order chi connectivity index (χ1) is 11.7. The number of carbonyl (C=O) groups excluding carboxylic acids is 1. The molecular formula is C16H19FN4O2S. The number of halogens is 1. The number of aromatic nitrogens is 2. The van der Waals surface area contributed by atoms with Gasteiger partial charge in [-0.1, -0.05) is 11.3 Å². The topological polar surface area (TPSA) is 76.1 Å². The molecule has 0 bridgehead atoms. The van der Waals surface area contributed by atoms with Crippen LogP contribution in [0.5, 0.6) is 5.75 Å². The van der Waals surface area contributed by atoms with Gasteiger partial charge in [0.1, 0.15) is 16.6 Å². The van der Waals surface area contributed by atoms with Gasteiger partial charge in [0.2, 0.25) is 5.13 Å². The summed E-state index contributed by atoms with van der Waals surface area (Å²) in [6.07, 6.45) is 3.92. The van der Waals surface area contributed by atoms with E-state index in [1.165, 1.54) is 36.3 Å². The summed E-state index contributed by atoms with van der Waals surface area (Å²) in [5.74, 6) is 0.907. The highest BCUT2D eigenvalue weighted by Crippen LogP contribution is 2.41. The van der Waals surface area contributed by atoms with Crippen LogP contribution in [0.15, 0.2) is 24.3 Å². The summed E-state index contributed by atoms with van der Waals surface area (Å²) < 4.78 is 18.2. The fourth-order valence-corrected chi connectivity index (χ4v) is 2.98. The van der Waals surface area contributed by atoms with Gasteiger partial charge in [-0.2, -0.15) is 0 Å². The number of benzene rings is 1. The fraction of sp³-hybridized carbons (Fsp3) is 0.438. The third-order valence-electron chi connectivity index (χ3n) is 3.53. The molecule has 8 heteroatoms. The van der Waals surface area contributed by atoms with Gasteiger partial charge in [0.15, 0.2) is 0 Å². The Balaban J connectivity index is 1.25. The van der Waals surface area contributed by atoms with Crippen LogP contribution in [0.1, 0.15) is 36.6 Å². The van der Waals surface area contributed by atoms with E-state index in [9.17, 15) is 9.18 Å². The maximum absolute atomic E-state index is 12.7. The van der Waals surface area contributed by atoms with E-state index in [2.05, 4.69) is 20.8 Å². The second kappa shape index (κ2) is 8.05. The fourth-order valence-electron chi connectivity index (χ4n) is 2.07. The lowest BCUT2D eigenvalue weighted by Crippen LogP contribution is -2.29. The molecule has 1 heterocycles. The van der Waals surface area contributed by atoms with Crippen molar-refractivity contribution in [2.75, 3.05) is 18.5 Å². The normalized spacial score (nSPS) is 13.5. The van der Waals surface area contributed by atoms with E-state index in [1.807, 2.05) is 0 Å². The molecule has 0 atom stereocenters. The number of unbranched alkanes of at least 4 members (excludes halogenated alkanes) is 1. The monoisotopic (exact) mass is 350 g/mol. The SMILES string of the molecule is O=C(NCCCCOc1ccc(F)cc1)Nc1nnc(C2CC2)s1. The highest BCUT2D eigenvalue weighted by atomic mass is 32.1. The van der Waals surface area contributed by atoms with Crippen LogP contribution in [0.3, 0.4) is 0 Å². The summed E-state index contributed by atoms with van der Waals surface area (Å²) in [6.45, 7) is 1.07. The van der Waals surface area contributed by atoms with E-state index in [4.69, 9.17) is 4.74 Å². The Hall–Kier alpha value is -2.22. The first-order valence-electron chi connectivity index (χ1n) is 7.97. The summed E-state index contributed by atoms with van der Waals surface area (Å²) >= 11 is 1.44. The molecule has 1 aliphatic rings. The Morgan fingerprint density at radius 2 is 2.04 bits per heavy atom. The van der Waals surface area contributed by atoms with Crippen molar-refractivity contribution in [3.63, 3.8) is 0 Å². The minimum Gasteiger partial charge on any atom is -0.494 e. The minimum absolute atomic E-state index is 0.270. The van der Waals surface area contributed by atoms with Crippen LogP contribution in [-0.4, -0.2) is 29.4 Å². The molecule has 6 nitrogen and oxygen atoms in total. The molecule has 24 heavy (non-hydrogen) atoms. The van der Waals surface area contributed by atoms with Gasteiger partial charge in [-0.25, -0.2) is 9.18 Å². The van der Waals surface area contributed by atoms with E-state index in [-0.39, 0.29) is 11.8 Å². The van der Waals surface area contributed by atoms with Crippen molar-refractivity contribution in [2.24, 2.45) is 0 Å². The smallest absolute Gasteiger partial charge is 0.321 e. The molecule has 2 amide bonds. The summed E-state index contributed by atoms with van der Waals surface area (Å²) in [6, 6.07) is 5.65. The van der Waals surface area contributed by atoms with Gasteiger partial charge in [-0.15, -0.1) is 10.2 Å². The standard InChI is InChI=1S/C16H19FN4O2S/c17-12-5-7-13(8-6-12)23-10-2-1-9-18-15(22)19-16-21-20-14(24-16)11-3-4-11/h5-8,11H,1-4,9-10H2,(H2,18,19,21,22). The number of amides is 2. The highest BCUT2D eigenvalue weighted by Gasteiger charge is 2.27. The molecular weight excluding hydrogens is 331 g/mol. The predicted molar refractivity (Wildman–Crippen MR) is 90.0 cm³/mol. The van der Waals surface area contributed by atoms with Crippen molar-refractivity contribution in [1.29, 1.82) is 0 Å². The maximum Gasteiger partial charge on any atom is 0.321 e. The predicted octanol–water partition coefficient (Wildman–Crippen LogP) is 3.54. The van der Waals surface area contributed by atoms with E-state index < -0.39 is 0 Å². The number of urea groups is 1. The molecule has 0 saturated heterocycles. The maximum atomic E-state index is 12.7. The van der Waals surface area contributed by atoms with E-state index in [0.29, 0.717) is 30.0 Å². The molecule has 1 aromatic heterocycles. The highest BCUT2D eigenvalue weighted by molar-refractivity contribution is 7.15. The molecule has 0 unspecified atom stereocenters. The Labute approximate surface area is 143 Å². The molecule has 1 fully saturated rings. The van der Waals surface area contributed by atoms with Crippen LogP contribution in [0.2, 0.25) is 0 Å². The summed E-state index contributed by atoms with van der Waals surface area (Å²) in [5.41, 5.74) is 0. The number of ether oxygens (including phenoxy) is 1. The molecule has 2 N–H and O–H groups in total. The number of anilines is 1. The van der Waals surface area contributed by atoms with Crippen LogP contribution in [0.25, 0.3) is 0 Å². The number of hydrogen-bond acceptors (Lipinski definition) is 5. The quantitative estimate of drug-likeness (QED) is 0.714. The largest absolute Gasteiger partial charge is 0.494 e. The Bertz CT molecular complexity index is 673. The summed E-state index contributed by atoms with van der Waals surface area (Å²) in [5, 5.41) is 15.0. The van der Waals surface area contributed by atoms with Gasteiger partial charge in [0, 0.05) is 12.5 Å².